The second-order valence-corrected chi connectivity index (χ2v) is 6.86. The van der Waals surface area contributed by atoms with Crippen LogP contribution < -0.4 is 15.4 Å². The second kappa shape index (κ2) is 10.4. The second-order valence-electron chi connectivity index (χ2n) is 6.45. The minimum Gasteiger partial charge on any atom is -0.494 e. The fraction of sp³-hybridized carbons (Fsp3) is 0.227. The van der Waals surface area contributed by atoms with Crippen molar-refractivity contribution in [2.45, 2.75) is 26.2 Å². The molecule has 0 unspecified atom stereocenters. The highest BCUT2D eigenvalue weighted by molar-refractivity contribution is 7.80. The molecule has 7 heteroatoms. The van der Waals surface area contributed by atoms with Gasteiger partial charge in [-0.3, -0.25) is 10.1 Å². The molecule has 0 aliphatic carbocycles. The molecule has 3 rings (SSSR count). The largest absolute Gasteiger partial charge is 0.494 e. The highest BCUT2D eigenvalue weighted by Crippen LogP contribution is 2.16. The Balaban J connectivity index is 1.55. The average Bonchev–Trinajstić information content (AvgIpc) is 3.23. The lowest BCUT2D eigenvalue weighted by atomic mass is 10.2. The third-order valence-electron chi connectivity index (χ3n) is 4.23. The van der Waals surface area contributed by atoms with Crippen molar-refractivity contribution in [1.29, 1.82) is 0 Å². The van der Waals surface area contributed by atoms with E-state index in [2.05, 4.69) is 22.7 Å². The molecule has 1 heterocycles. The van der Waals surface area contributed by atoms with Crippen molar-refractivity contribution in [2.24, 2.45) is 0 Å². The lowest BCUT2D eigenvalue weighted by Crippen LogP contribution is -2.35. The van der Waals surface area contributed by atoms with Crippen LogP contribution in [0.4, 0.5) is 5.69 Å². The molecule has 0 radical (unpaired) electrons. The van der Waals surface area contributed by atoms with Crippen molar-refractivity contribution in [1.82, 2.24) is 15.1 Å². The van der Waals surface area contributed by atoms with Crippen molar-refractivity contribution < 1.29 is 9.53 Å². The van der Waals surface area contributed by atoms with Gasteiger partial charge in [0.1, 0.15) is 11.4 Å². The summed E-state index contributed by atoms with van der Waals surface area (Å²) in [7, 11) is 0. The molecule has 0 bridgehead atoms. The van der Waals surface area contributed by atoms with Crippen LogP contribution in [0.3, 0.4) is 0 Å². The highest BCUT2D eigenvalue weighted by Gasteiger charge is 2.14. The van der Waals surface area contributed by atoms with Gasteiger partial charge in [-0.05, 0) is 61.1 Å². The molecule has 0 saturated carbocycles. The van der Waals surface area contributed by atoms with Gasteiger partial charge in [0.05, 0.1) is 18.5 Å². The van der Waals surface area contributed by atoms with Crippen LogP contribution in [0.25, 0.3) is 5.69 Å². The number of benzene rings is 2. The van der Waals surface area contributed by atoms with Gasteiger partial charge in [0.2, 0.25) is 0 Å². The summed E-state index contributed by atoms with van der Waals surface area (Å²) in [5.41, 5.74) is 1.97. The van der Waals surface area contributed by atoms with E-state index in [9.17, 15) is 4.79 Å². The molecule has 1 amide bonds. The van der Waals surface area contributed by atoms with Crippen LogP contribution in [0.15, 0.2) is 66.9 Å². The summed E-state index contributed by atoms with van der Waals surface area (Å²) in [5, 5.41) is 10.1. The predicted molar refractivity (Wildman–Crippen MR) is 119 cm³/mol. The number of ether oxygens (including phenoxy) is 1. The smallest absolute Gasteiger partial charge is 0.276 e. The van der Waals surface area contributed by atoms with Crippen LogP contribution in [-0.2, 0) is 0 Å². The van der Waals surface area contributed by atoms with Crippen LogP contribution in [0.2, 0.25) is 0 Å². The fourth-order valence-electron chi connectivity index (χ4n) is 2.76. The highest BCUT2D eigenvalue weighted by atomic mass is 32.1. The van der Waals surface area contributed by atoms with Crippen molar-refractivity contribution in [3.8, 4) is 11.4 Å². The van der Waals surface area contributed by atoms with E-state index in [0.717, 1.165) is 30.0 Å². The van der Waals surface area contributed by atoms with Crippen LogP contribution in [0, 0.1) is 0 Å². The number of anilines is 1. The Hall–Kier alpha value is -3.19. The Bertz CT molecular complexity index is 939. The Morgan fingerprint density at radius 2 is 1.83 bits per heavy atom. The van der Waals surface area contributed by atoms with Crippen LogP contribution in [0.5, 0.6) is 5.75 Å². The summed E-state index contributed by atoms with van der Waals surface area (Å²) in [6.07, 6.45) is 4.96. The van der Waals surface area contributed by atoms with E-state index in [1.807, 2.05) is 54.6 Å². The maximum Gasteiger partial charge on any atom is 0.276 e. The zero-order valence-electron chi connectivity index (χ0n) is 16.3. The van der Waals surface area contributed by atoms with Crippen LogP contribution in [0.1, 0.15) is 36.7 Å². The third-order valence-corrected chi connectivity index (χ3v) is 4.44. The lowest BCUT2D eigenvalue weighted by Gasteiger charge is -2.12. The Labute approximate surface area is 175 Å². The molecule has 1 aromatic heterocycles. The summed E-state index contributed by atoms with van der Waals surface area (Å²) in [4.78, 5) is 12.6. The number of nitrogens with one attached hydrogen (secondary N) is 2. The minimum absolute atomic E-state index is 0.215. The van der Waals surface area contributed by atoms with E-state index in [4.69, 9.17) is 17.0 Å². The first-order chi connectivity index (χ1) is 14.2. The van der Waals surface area contributed by atoms with E-state index >= 15 is 0 Å². The van der Waals surface area contributed by atoms with Crippen molar-refractivity contribution >= 4 is 28.9 Å². The first kappa shape index (κ1) is 20.5. The SMILES string of the molecule is CCCCCOc1ccc(NC(=S)NC(=O)c2ccnn2-c2ccccc2)cc1. The lowest BCUT2D eigenvalue weighted by molar-refractivity contribution is 0.0970. The number of thiocarbonyl (C=S) groups is 1. The van der Waals surface area contributed by atoms with Gasteiger partial charge < -0.3 is 10.1 Å². The number of hydrogen-bond acceptors (Lipinski definition) is 4. The van der Waals surface area contributed by atoms with E-state index in [1.54, 1.807) is 16.9 Å². The zero-order chi connectivity index (χ0) is 20.5. The Kier molecular flexibility index (Phi) is 7.35. The summed E-state index contributed by atoms with van der Waals surface area (Å²) >= 11 is 5.27. The summed E-state index contributed by atoms with van der Waals surface area (Å²) in [5.74, 6) is 0.480. The van der Waals surface area contributed by atoms with E-state index < -0.39 is 0 Å². The quantitative estimate of drug-likeness (QED) is 0.422. The molecule has 0 aliphatic heterocycles. The molecular weight excluding hydrogens is 384 g/mol. The van der Waals surface area contributed by atoms with Gasteiger partial charge in [-0.15, -0.1) is 0 Å². The normalized spacial score (nSPS) is 10.4. The van der Waals surface area contributed by atoms with E-state index in [-0.39, 0.29) is 11.0 Å². The van der Waals surface area contributed by atoms with E-state index in [1.165, 1.54) is 6.42 Å². The van der Waals surface area contributed by atoms with Gasteiger partial charge >= 0.3 is 0 Å². The molecule has 150 valence electrons. The molecule has 6 nitrogen and oxygen atoms in total. The van der Waals surface area contributed by atoms with Crippen molar-refractivity contribution in [3.05, 3.63) is 72.6 Å². The average molecular weight is 409 g/mol. The van der Waals surface area contributed by atoms with Gasteiger partial charge in [-0.2, -0.15) is 5.10 Å². The van der Waals surface area contributed by atoms with Crippen molar-refractivity contribution in [3.63, 3.8) is 0 Å². The Morgan fingerprint density at radius 1 is 1.07 bits per heavy atom. The molecule has 3 aromatic rings. The molecule has 0 fully saturated rings. The van der Waals surface area contributed by atoms with Crippen LogP contribution >= 0.6 is 12.2 Å². The summed E-state index contributed by atoms with van der Waals surface area (Å²) in [6, 6.07) is 18.6. The number of aromatic nitrogens is 2. The first-order valence-corrected chi connectivity index (χ1v) is 10.0. The molecule has 29 heavy (non-hydrogen) atoms. The van der Waals surface area contributed by atoms with E-state index in [0.29, 0.717) is 12.3 Å². The zero-order valence-corrected chi connectivity index (χ0v) is 17.1. The number of amides is 1. The summed E-state index contributed by atoms with van der Waals surface area (Å²) in [6.45, 7) is 2.88. The minimum atomic E-state index is -0.334. The monoisotopic (exact) mass is 408 g/mol. The van der Waals surface area contributed by atoms with Gasteiger partial charge in [-0.1, -0.05) is 38.0 Å². The first-order valence-electron chi connectivity index (χ1n) is 9.62. The third kappa shape index (κ3) is 5.89. The molecular formula is C22H24N4O2S. The molecule has 0 aliphatic rings. The molecule has 0 saturated heterocycles. The number of rotatable bonds is 8. The molecule has 2 aromatic carbocycles. The van der Waals surface area contributed by atoms with Crippen LogP contribution in [-0.4, -0.2) is 27.4 Å². The summed E-state index contributed by atoms with van der Waals surface area (Å²) < 4.78 is 7.27. The van der Waals surface area contributed by atoms with Gasteiger partial charge in [0.15, 0.2) is 5.11 Å². The number of nitrogens with zero attached hydrogens (tertiary/aromatic N) is 2. The number of hydrogen-bond donors (Lipinski definition) is 2. The topological polar surface area (TPSA) is 68.2 Å². The van der Waals surface area contributed by atoms with Gasteiger partial charge in [-0.25, -0.2) is 4.68 Å². The maximum atomic E-state index is 12.6. The standard InChI is InChI=1S/C22H24N4O2S/c1-2-3-7-16-28-19-12-10-17(11-13-19)24-22(29)25-21(27)20-14-15-23-26(20)18-8-5-4-6-9-18/h4-6,8-15H,2-3,7,16H2,1H3,(H2,24,25,27,29). The number of para-hydroxylation sites is 1. The fourth-order valence-corrected chi connectivity index (χ4v) is 2.97. The van der Waals surface area contributed by atoms with Crippen molar-refractivity contribution in [2.75, 3.05) is 11.9 Å². The molecule has 0 atom stereocenters. The maximum absolute atomic E-state index is 12.6. The van der Waals surface area contributed by atoms with Gasteiger partial charge in [0.25, 0.3) is 5.91 Å². The molecule has 2 N–H and O–H groups in total. The number of unbranched alkanes of at least 4 members (excludes halogenated alkanes) is 2. The molecule has 0 spiro atoms. The number of carbonyl (C=O) groups excluding carboxylic acids is 1. The Morgan fingerprint density at radius 3 is 2.55 bits per heavy atom. The number of carbonyl (C=O) groups is 1. The predicted octanol–water partition coefficient (Wildman–Crippen LogP) is 4.57. The van der Waals surface area contributed by atoms with Gasteiger partial charge in [0, 0.05) is 5.69 Å².